The van der Waals surface area contributed by atoms with Crippen LogP contribution < -0.4 is 4.74 Å². The molecule has 36 heavy (non-hydrogen) atoms. The highest BCUT2D eigenvalue weighted by Gasteiger charge is 2.38. The summed E-state index contributed by atoms with van der Waals surface area (Å²) in [5.41, 5.74) is 4.76. The van der Waals surface area contributed by atoms with Gasteiger partial charge < -0.3 is 25.2 Å². The summed E-state index contributed by atoms with van der Waals surface area (Å²) in [6.45, 7) is 11.5. The summed E-state index contributed by atoms with van der Waals surface area (Å²) in [6, 6.07) is 2.86. The maximum Gasteiger partial charge on any atom is 0.181 e. The molecule has 0 amide bonds. The topological polar surface area (TPSA) is 107 Å². The SMILES string of the molecule is CC(C)=CCc1cc(C2COc3c(CC=C(C)C)c(O)c(CC=C(C)C)c(O)c3C2=O)c(O)cc1O. The van der Waals surface area contributed by atoms with Crippen molar-refractivity contribution < 1.29 is 30.0 Å². The number of hydrogen-bond donors (Lipinski definition) is 4. The van der Waals surface area contributed by atoms with Gasteiger partial charge in [-0.15, -0.1) is 0 Å². The van der Waals surface area contributed by atoms with Crippen LogP contribution in [0.15, 0.2) is 47.1 Å². The van der Waals surface area contributed by atoms with E-state index >= 15 is 0 Å². The monoisotopic (exact) mass is 492 g/mol. The van der Waals surface area contributed by atoms with Gasteiger partial charge in [-0.2, -0.15) is 0 Å². The molecule has 2 aromatic rings. The molecular formula is C30H36O6. The van der Waals surface area contributed by atoms with E-state index in [1.54, 1.807) is 6.07 Å². The Bertz CT molecular complexity index is 1270. The fourth-order valence-corrected chi connectivity index (χ4v) is 4.24. The first-order valence-electron chi connectivity index (χ1n) is 12.1. The highest BCUT2D eigenvalue weighted by molar-refractivity contribution is 6.08. The molecule has 0 bridgehead atoms. The molecule has 4 N–H and O–H groups in total. The average Bonchev–Trinajstić information content (AvgIpc) is 2.78. The van der Waals surface area contributed by atoms with Crippen molar-refractivity contribution in [2.75, 3.05) is 6.61 Å². The molecule has 1 aliphatic rings. The second-order valence-corrected chi connectivity index (χ2v) is 10.1. The van der Waals surface area contributed by atoms with Gasteiger partial charge in [0.1, 0.15) is 40.9 Å². The van der Waals surface area contributed by atoms with Crippen LogP contribution in [0.2, 0.25) is 0 Å². The van der Waals surface area contributed by atoms with E-state index < -0.39 is 11.7 Å². The van der Waals surface area contributed by atoms with Crippen LogP contribution in [0.1, 0.15) is 80.1 Å². The molecule has 1 aliphatic heterocycles. The lowest BCUT2D eigenvalue weighted by Gasteiger charge is -2.29. The molecule has 6 nitrogen and oxygen atoms in total. The maximum atomic E-state index is 13.8. The quantitative estimate of drug-likeness (QED) is 0.334. The van der Waals surface area contributed by atoms with Crippen LogP contribution in [0.25, 0.3) is 0 Å². The number of carbonyl (C=O) groups excluding carboxylic acids is 1. The van der Waals surface area contributed by atoms with E-state index in [1.165, 1.54) is 6.07 Å². The largest absolute Gasteiger partial charge is 0.508 e. The van der Waals surface area contributed by atoms with Crippen LogP contribution in [0.4, 0.5) is 0 Å². The van der Waals surface area contributed by atoms with Crippen LogP contribution >= 0.6 is 0 Å². The van der Waals surface area contributed by atoms with Crippen LogP contribution in [-0.4, -0.2) is 32.8 Å². The summed E-state index contributed by atoms with van der Waals surface area (Å²) in [5.74, 6) is -1.77. The standard InChI is InChI=1S/C30H36O6/c1-16(2)7-10-19-13-22(25(32)14-24(19)31)23-15-36-30-21(12-9-18(5)6)27(33)20(11-8-17(3)4)28(34)26(30)29(23)35/h7-9,13-14,23,31-34H,10-12,15H2,1-6H3. The van der Waals surface area contributed by atoms with Crippen molar-refractivity contribution in [3.8, 4) is 28.7 Å². The van der Waals surface area contributed by atoms with E-state index in [0.29, 0.717) is 29.5 Å². The van der Waals surface area contributed by atoms with Gasteiger partial charge in [-0.05, 0) is 72.4 Å². The number of hydrogen-bond acceptors (Lipinski definition) is 6. The molecule has 0 saturated heterocycles. The van der Waals surface area contributed by atoms with E-state index in [9.17, 15) is 25.2 Å². The van der Waals surface area contributed by atoms with Crippen molar-refractivity contribution in [1.29, 1.82) is 0 Å². The summed E-state index contributed by atoms with van der Waals surface area (Å²) in [5, 5.41) is 43.2. The number of phenolic OH excluding ortho intramolecular Hbond substituents is 4. The minimum Gasteiger partial charge on any atom is -0.508 e. The lowest BCUT2D eigenvalue weighted by molar-refractivity contribution is 0.0888. The second kappa shape index (κ2) is 10.9. The van der Waals surface area contributed by atoms with Crippen molar-refractivity contribution in [2.24, 2.45) is 0 Å². The van der Waals surface area contributed by atoms with Gasteiger partial charge >= 0.3 is 0 Å². The minimum absolute atomic E-state index is 0.0108. The Morgan fingerprint density at radius 3 is 1.94 bits per heavy atom. The van der Waals surface area contributed by atoms with E-state index in [0.717, 1.165) is 16.7 Å². The van der Waals surface area contributed by atoms with Crippen LogP contribution in [0, 0.1) is 0 Å². The normalized spacial score (nSPS) is 14.5. The first-order valence-corrected chi connectivity index (χ1v) is 12.1. The van der Waals surface area contributed by atoms with Crippen LogP contribution in [0.5, 0.6) is 28.7 Å². The Balaban J connectivity index is 2.17. The lowest BCUT2D eigenvalue weighted by Crippen LogP contribution is -2.27. The zero-order valence-corrected chi connectivity index (χ0v) is 21.9. The number of benzene rings is 2. The average molecular weight is 493 g/mol. The van der Waals surface area contributed by atoms with Gasteiger partial charge in [0.25, 0.3) is 0 Å². The number of allylic oxidation sites excluding steroid dienone is 6. The minimum atomic E-state index is -0.883. The van der Waals surface area contributed by atoms with Crippen molar-refractivity contribution >= 4 is 5.78 Å². The molecule has 0 saturated carbocycles. The smallest absolute Gasteiger partial charge is 0.181 e. The summed E-state index contributed by atoms with van der Waals surface area (Å²) in [6.07, 6.45) is 6.79. The maximum absolute atomic E-state index is 13.8. The van der Waals surface area contributed by atoms with Gasteiger partial charge in [0.05, 0.1) is 5.92 Å². The number of Topliss-reactive ketones (excluding diaryl/α,β-unsaturated/α-hetero) is 1. The molecule has 0 aliphatic carbocycles. The van der Waals surface area contributed by atoms with Crippen molar-refractivity contribution in [3.05, 3.63) is 74.9 Å². The third-order valence-electron chi connectivity index (χ3n) is 6.32. The molecule has 0 aromatic heterocycles. The number of carbonyl (C=O) groups is 1. The van der Waals surface area contributed by atoms with Crippen LogP contribution in [0.3, 0.4) is 0 Å². The third kappa shape index (κ3) is 5.59. The highest BCUT2D eigenvalue weighted by Crippen LogP contribution is 2.48. The Labute approximate surface area is 212 Å². The van der Waals surface area contributed by atoms with E-state index in [4.69, 9.17) is 4.74 Å². The van der Waals surface area contributed by atoms with Gasteiger partial charge in [-0.3, -0.25) is 4.79 Å². The van der Waals surface area contributed by atoms with E-state index in [-0.39, 0.29) is 52.9 Å². The third-order valence-corrected chi connectivity index (χ3v) is 6.32. The Hall–Kier alpha value is -3.67. The highest BCUT2D eigenvalue weighted by atomic mass is 16.5. The molecule has 3 rings (SSSR count). The Kier molecular flexibility index (Phi) is 8.18. The predicted molar refractivity (Wildman–Crippen MR) is 142 cm³/mol. The molecule has 192 valence electrons. The Morgan fingerprint density at radius 2 is 1.36 bits per heavy atom. The fraction of sp³-hybridized carbons (Fsp3) is 0.367. The number of rotatable bonds is 7. The number of ether oxygens (including phenoxy) is 1. The second-order valence-electron chi connectivity index (χ2n) is 10.1. The van der Waals surface area contributed by atoms with Gasteiger partial charge in [0.2, 0.25) is 0 Å². The first kappa shape index (κ1) is 26.9. The fourth-order valence-electron chi connectivity index (χ4n) is 4.24. The predicted octanol–water partition coefficient (Wildman–Crippen LogP) is 6.39. The van der Waals surface area contributed by atoms with Crippen LogP contribution in [-0.2, 0) is 19.3 Å². The number of aromatic hydroxyl groups is 4. The van der Waals surface area contributed by atoms with Crippen molar-refractivity contribution in [2.45, 2.75) is 66.7 Å². The summed E-state index contributed by atoms with van der Waals surface area (Å²) in [4.78, 5) is 13.8. The van der Waals surface area contributed by atoms with E-state index in [2.05, 4.69) is 0 Å². The van der Waals surface area contributed by atoms with E-state index in [1.807, 2.05) is 59.8 Å². The molecule has 1 heterocycles. The number of ketones is 1. The van der Waals surface area contributed by atoms with Crippen molar-refractivity contribution in [1.82, 2.24) is 0 Å². The molecule has 0 fully saturated rings. The molecule has 2 aromatic carbocycles. The summed E-state index contributed by atoms with van der Waals surface area (Å²) >= 11 is 0. The zero-order valence-electron chi connectivity index (χ0n) is 21.9. The molecule has 1 atom stereocenters. The molecular weight excluding hydrogens is 456 g/mol. The Morgan fingerprint density at radius 1 is 0.806 bits per heavy atom. The first-order chi connectivity index (χ1) is 16.9. The van der Waals surface area contributed by atoms with Gasteiger partial charge in [0.15, 0.2) is 5.78 Å². The number of phenols is 4. The van der Waals surface area contributed by atoms with Gasteiger partial charge in [0, 0.05) is 22.8 Å². The zero-order chi connectivity index (χ0) is 26.7. The molecule has 0 radical (unpaired) electrons. The lowest BCUT2D eigenvalue weighted by atomic mass is 9.83. The summed E-state index contributed by atoms with van der Waals surface area (Å²) < 4.78 is 6.02. The summed E-state index contributed by atoms with van der Waals surface area (Å²) in [7, 11) is 0. The molecule has 1 unspecified atom stereocenters. The van der Waals surface area contributed by atoms with Gasteiger partial charge in [-0.25, -0.2) is 0 Å². The molecule has 6 heteroatoms. The molecule has 0 spiro atoms. The van der Waals surface area contributed by atoms with Crippen molar-refractivity contribution in [3.63, 3.8) is 0 Å². The van der Waals surface area contributed by atoms with Gasteiger partial charge in [-0.1, -0.05) is 34.9 Å². The number of fused-ring (bicyclic) bond motifs is 1.